The number of para-hydroxylation sites is 1. The number of methoxy groups -OCH3 is 2. The lowest BCUT2D eigenvalue weighted by Crippen LogP contribution is -2.45. The molecule has 0 saturated carbocycles. The van der Waals surface area contributed by atoms with Gasteiger partial charge in [0.1, 0.15) is 0 Å². The van der Waals surface area contributed by atoms with E-state index in [1.165, 1.54) is 20.3 Å². The normalized spacial score (nSPS) is 13.0. The number of imide groups is 1. The average Bonchev–Trinajstić information content (AvgIpc) is 2.71. The second kappa shape index (κ2) is 7.90. The van der Waals surface area contributed by atoms with E-state index in [-0.39, 0.29) is 18.9 Å². The van der Waals surface area contributed by atoms with Crippen molar-refractivity contribution in [2.24, 2.45) is 0 Å². The fourth-order valence-electron chi connectivity index (χ4n) is 3.02. The Bertz CT molecular complexity index is 894. The summed E-state index contributed by atoms with van der Waals surface area (Å²) in [7, 11) is 2.98. The van der Waals surface area contributed by atoms with E-state index in [4.69, 9.17) is 9.47 Å². The number of nitrogens with zero attached hydrogens (tertiary/aromatic N) is 1. The van der Waals surface area contributed by atoms with Crippen molar-refractivity contribution in [1.82, 2.24) is 5.32 Å². The molecule has 0 spiro atoms. The lowest BCUT2D eigenvalue weighted by Gasteiger charge is -2.27. The van der Waals surface area contributed by atoms with E-state index >= 15 is 0 Å². The van der Waals surface area contributed by atoms with E-state index in [2.05, 4.69) is 5.32 Å². The van der Waals surface area contributed by atoms with Crippen molar-refractivity contribution >= 4 is 23.4 Å². The number of carbonyl (C=O) groups is 3. The first-order chi connectivity index (χ1) is 13.0. The lowest BCUT2D eigenvalue weighted by molar-refractivity contribution is -0.126. The summed E-state index contributed by atoms with van der Waals surface area (Å²) >= 11 is 0. The van der Waals surface area contributed by atoms with Crippen LogP contribution in [0, 0.1) is 0 Å². The van der Waals surface area contributed by atoms with Crippen LogP contribution in [0.4, 0.5) is 5.69 Å². The first-order valence-electron chi connectivity index (χ1n) is 8.49. The van der Waals surface area contributed by atoms with Crippen molar-refractivity contribution in [3.05, 3.63) is 53.6 Å². The molecule has 7 heteroatoms. The Morgan fingerprint density at radius 3 is 2.52 bits per heavy atom. The maximum atomic E-state index is 12.6. The van der Waals surface area contributed by atoms with Gasteiger partial charge in [-0.15, -0.1) is 0 Å². The first kappa shape index (κ1) is 18.4. The summed E-state index contributed by atoms with van der Waals surface area (Å²) in [6.07, 6.45) is 0.878. The molecule has 1 aliphatic heterocycles. The number of amides is 3. The Kier molecular flexibility index (Phi) is 5.40. The third kappa shape index (κ3) is 3.76. The molecule has 0 bridgehead atoms. The van der Waals surface area contributed by atoms with Crippen LogP contribution < -0.4 is 19.7 Å². The van der Waals surface area contributed by atoms with E-state index in [1.807, 2.05) is 12.1 Å². The molecule has 0 aliphatic carbocycles. The van der Waals surface area contributed by atoms with E-state index in [1.54, 1.807) is 24.3 Å². The van der Waals surface area contributed by atoms with Crippen LogP contribution in [0.15, 0.2) is 42.5 Å². The summed E-state index contributed by atoms with van der Waals surface area (Å²) < 4.78 is 10.3. The number of nitrogens with one attached hydrogen (secondary N) is 1. The largest absolute Gasteiger partial charge is 0.493 e. The van der Waals surface area contributed by atoms with Gasteiger partial charge in [0.2, 0.25) is 5.91 Å². The monoisotopic (exact) mass is 368 g/mol. The van der Waals surface area contributed by atoms with Gasteiger partial charge >= 0.3 is 0 Å². The minimum atomic E-state index is -0.471. The highest BCUT2D eigenvalue weighted by Crippen LogP contribution is 2.28. The maximum absolute atomic E-state index is 12.6. The minimum Gasteiger partial charge on any atom is -0.493 e. The van der Waals surface area contributed by atoms with Gasteiger partial charge in [0.25, 0.3) is 11.8 Å². The van der Waals surface area contributed by atoms with E-state index in [0.717, 1.165) is 10.5 Å². The molecule has 27 heavy (non-hydrogen) atoms. The number of ether oxygens (including phenoxy) is 2. The van der Waals surface area contributed by atoms with Crippen LogP contribution in [0.25, 0.3) is 0 Å². The summed E-state index contributed by atoms with van der Waals surface area (Å²) in [5.41, 5.74) is 1.85. The zero-order valence-corrected chi connectivity index (χ0v) is 15.2. The third-order valence-electron chi connectivity index (χ3n) is 4.39. The zero-order chi connectivity index (χ0) is 19.4. The Morgan fingerprint density at radius 1 is 1.04 bits per heavy atom. The van der Waals surface area contributed by atoms with Crippen LogP contribution in [-0.4, -0.2) is 38.5 Å². The quantitative estimate of drug-likeness (QED) is 0.872. The van der Waals surface area contributed by atoms with Crippen LogP contribution in [0.3, 0.4) is 0 Å². The average molecular weight is 368 g/mol. The van der Waals surface area contributed by atoms with Crippen LogP contribution in [0.2, 0.25) is 0 Å². The van der Waals surface area contributed by atoms with Crippen LogP contribution in [-0.2, 0) is 16.0 Å². The Labute approximate surface area is 156 Å². The molecule has 7 nitrogen and oxygen atoms in total. The Morgan fingerprint density at radius 2 is 1.78 bits per heavy atom. The molecule has 0 saturated heterocycles. The van der Waals surface area contributed by atoms with Crippen molar-refractivity contribution in [3.63, 3.8) is 0 Å². The lowest BCUT2D eigenvalue weighted by atomic mass is 10.0. The second-order valence-electron chi connectivity index (χ2n) is 6.00. The van der Waals surface area contributed by atoms with Gasteiger partial charge in [0.05, 0.1) is 26.5 Å². The van der Waals surface area contributed by atoms with Gasteiger partial charge in [-0.2, -0.15) is 0 Å². The number of benzene rings is 2. The van der Waals surface area contributed by atoms with Gasteiger partial charge in [-0.1, -0.05) is 18.2 Å². The van der Waals surface area contributed by atoms with Crippen LogP contribution in [0.5, 0.6) is 11.5 Å². The molecular formula is C20H20N2O5. The summed E-state index contributed by atoms with van der Waals surface area (Å²) in [6, 6.07) is 12.0. The summed E-state index contributed by atoms with van der Waals surface area (Å²) in [5, 5.41) is 2.56. The van der Waals surface area contributed by atoms with Crippen molar-refractivity contribution in [1.29, 1.82) is 0 Å². The fourth-order valence-corrected chi connectivity index (χ4v) is 3.02. The first-order valence-corrected chi connectivity index (χ1v) is 8.49. The molecule has 0 unspecified atom stereocenters. The fraction of sp³-hybridized carbons (Fsp3) is 0.250. The number of aryl methyl sites for hydroxylation is 1. The number of hydrogen-bond donors (Lipinski definition) is 1. The van der Waals surface area contributed by atoms with Gasteiger partial charge in [0, 0.05) is 12.0 Å². The summed E-state index contributed by atoms with van der Waals surface area (Å²) in [6.45, 7) is -0.284. The molecule has 1 heterocycles. The summed E-state index contributed by atoms with van der Waals surface area (Å²) in [5.74, 6) is -0.264. The van der Waals surface area contributed by atoms with E-state index in [0.29, 0.717) is 29.2 Å². The number of rotatable bonds is 5. The number of fused-ring (bicyclic) bond motifs is 1. The molecule has 140 valence electrons. The molecule has 0 radical (unpaired) electrons. The minimum absolute atomic E-state index is 0.265. The molecule has 2 aromatic rings. The van der Waals surface area contributed by atoms with Crippen molar-refractivity contribution in [2.45, 2.75) is 12.8 Å². The molecule has 3 rings (SSSR count). The number of anilines is 1. The molecule has 1 N–H and O–H groups in total. The van der Waals surface area contributed by atoms with Gasteiger partial charge < -0.3 is 14.8 Å². The highest BCUT2D eigenvalue weighted by Gasteiger charge is 2.29. The molecular weight excluding hydrogens is 348 g/mol. The molecule has 3 amide bonds. The Hall–Kier alpha value is -3.35. The smallest absolute Gasteiger partial charge is 0.253 e. The second-order valence-corrected chi connectivity index (χ2v) is 6.00. The van der Waals surface area contributed by atoms with Gasteiger partial charge in [-0.3, -0.25) is 14.4 Å². The third-order valence-corrected chi connectivity index (χ3v) is 4.39. The highest BCUT2D eigenvalue weighted by atomic mass is 16.5. The maximum Gasteiger partial charge on any atom is 0.253 e. The zero-order valence-electron chi connectivity index (χ0n) is 15.2. The van der Waals surface area contributed by atoms with Crippen molar-refractivity contribution in [2.75, 3.05) is 25.7 Å². The van der Waals surface area contributed by atoms with Crippen molar-refractivity contribution in [3.8, 4) is 11.5 Å². The van der Waals surface area contributed by atoms with Crippen LogP contribution in [0.1, 0.15) is 22.3 Å². The predicted molar refractivity (Wildman–Crippen MR) is 99.1 cm³/mol. The molecule has 0 fully saturated rings. The highest BCUT2D eigenvalue weighted by molar-refractivity contribution is 6.17. The summed E-state index contributed by atoms with van der Waals surface area (Å²) in [4.78, 5) is 38.3. The molecule has 0 atom stereocenters. The molecule has 2 aromatic carbocycles. The van der Waals surface area contributed by atoms with Gasteiger partial charge in [-0.25, -0.2) is 4.90 Å². The van der Waals surface area contributed by atoms with Crippen LogP contribution >= 0.6 is 0 Å². The van der Waals surface area contributed by atoms with Crippen molar-refractivity contribution < 1.29 is 23.9 Å². The molecule has 1 aliphatic rings. The van der Waals surface area contributed by atoms with Gasteiger partial charge in [0.15, 0.2) is 11.5 Å². The molecule has 0 aromatic heterocycles. The van der Waals surface area contributed by atoms with Gasteiger partial charge in [-0.05, 0) is 36.2 Å². The Balaban J connectivity index is 1.71. The number of hydrogen-bond acceptors (Lipinski definition) is 5. The van der Waals surface area contributed by atoms with E-state index in [9.17, 15) is 14.4 Å². The topological polar surface area (TPSA) is 84.9 Å². The SMILES string of the molecule is COc1ccc(C(=O)NCC(=O)N2C(=O)CCc3ccccc32)cc1OC. The number of carbonyl (C=O) groups excluding carboxylic acids is 3. The standard InChI is InChI=1S/C20H20N2O5/c1-26-16-9-7-14(11-17(16)27-2)20(25)21-12-19(24)22-15-6-4-3-5-13(15)8-10-18(22)23/h3-7,9,11H,8,10,12H2,1-2H3,(H,21,25). The van der Waals surface area contributed by atoms with E-state index < -0.39 is 11.8 Å². The predicted octanol–water partition coefficient (Wildman–Crippen LogP) is 1.94.